The summed E-state index contributed by atoms with van der Waals surface area (Å²) in [5.74, 6) is -1.32. The number of halogens is 1. The molecule has 0 aliphatic carbocycles. The molecule has 2 rings (SSSR count). The minimum Gasteiger partial charge on any atom is -0.491 e. The van der Waals surface area contributed by atoms with Gasteiger partial charge in [0.1, 0.15) is 24.5 Å². The summed E-state index contributed by atoms with van der Waals surface area (Å²) in [5, 5.41) is 8.77. The Balaban J connectivity index is 1.91. The van der Waals surface area contributed by atoms with Crippen LogP contribution in [0.15, 0.2) is 18.2 Å². The molecule has 1 aromatic rings. The van der Waals surface area contributed by atoms with Gasteiger partial charge in [0.15, 0.2) is 6.10 Å². The van der Waals surface area contributed by atoms with E-state index in [9.17, 15) is 14.0 Å². The number of carbonyl (C=O) groups excluding carboxylic acids is 1. The van der Waals surface area contributed by atoms with Gasteiger partial charge in [0.05, 0.1) is 6.10 Å². The molecule has 1 aromatic carbocycles. The summed E-state index contributed by atoms with van der Waals surface area (Å²) in [7, 11) is 0. The fourth-order valence-electron chi connectivity index (χ4n) is 1.93. The quantitative estimate of drug-likeness (QED) is 0.822. The summed E-state index contributed by atoms with van der Waals surface area (Å²) < 4.78 is 23.7. The van der Waals surface area contributed by atoms with E-state index in [-0.39, 0.29) is 24.0 Å². The molecule has 0 aromatic heterocycles. The van der Waals surface area contributed by atoms with Crippen molar-refractivity contribution in [2.75, 3.05) is 6.61 Å². The number of ether oxygens (including phenoxy) is 2. The Kier molecular flexibility index (Phi) is 4.11. The topological polar surface area (TPSA) is 72.8 Å². The van der Waals surface area contributed by atoms with Crippen molar-refractivity contribution in [1.82, 2.24) is 0 Å². The van der Waals surface area contributed by atoms with E-state index in [2.05, 4.69) is 0 Å². The fraction of sp³-hybridized carbons (Fsp3) is 0.385. The van der Waals surface area contributed by atoms with Gasteiger partial charge in [-0.2, -0.15) is 0 Å². The summed E-state index contributed by atoms with van der Waals surface area (Å²) in [6, 6.07) is 3.68. The highest BCUT2D eigenvalue weighted by molar-refractivity contribution is 5.75. The molecule has 0 spiro atoms. The van der Waals surface area contributed by atoms with Crippen molar-refractivity contribution in [1.29, 1.82) is 0 Å². The SMILES string of the molecule is O=Cc1cc(F)cc(OCC2CCC(C(=O)O)O2)c1. The predicted molar refractivity (Wildman–Crippen MR) is 62.8 cm³/mol. The van der Waals surface area contributed by atoms with Crippen molar-refractivity contribution in [3.05, 3.63) is 29.6 Å². The van der Waals surface area contributed by atoms with Crippen LogP contribution in [0.1, 0.15) is 23.2 Å². The Labute approximate surface area is 108 Å². The summed E-state index contributed by atoms with van der Waals surface area (Å²) in [5.41, 5.74) is 0.186. The zero-order chi connectivity index (χ0) is 13.8. The van der Waals surface area contributed by atoms with Crippen molar-refractivity contribution in [3.8, 4) is 5.75 Å². The highest BCUT2D eigenvalue weighted by Gasteiger charge is 2.30. The molecule has 19 heavy (non-hydrogen) atoms. The molecule has 2 unspecified atom stereocenters. The molecule has 1 aliphatic rings. The number of carboxylic acids is 1. The van der Waals surface area contributed by atoms with Gasteiger partial charge in [0, 0.05) is 11.6 Å². The third-order valence-electron chi connectivity index (χ3n) is 2.85. The number of hydrogen-bond acceptors (Lipinski definition) is 4. The molecule has 6 heteroatoms. The molecule has 1 heterocycles. The molecule has 102 valence electrons. The minimum absolute atomic E-state index is 0.130. The van der Waals surface area contributed by atoms with Crippen molar-refractivity contribution in [2.45, 2.75) is 25.0 Å². The van der Waals surface area contributed by atoms with Crippen LogP contribution in [0.5, 0.6) is 5.75 Å². The van der Waals surface area contributed by atoms with Gasteiger partial charge < -0.3 is 14.6 Å². The highest BCUT2D eigenvalue weighted by Crippen LogP contribution is 2.22. The van der Waals surface area contributed by atoms with E-state index in [0.29, 0.717) is 19.1 Å². The van der Waals surface area contributed by atoms with Crippen LogP contribution in [0.25, 0.3) is 0 Å². The highest BCUT2D eigenvalue weighted by atomic mass is 19.1. The van der Waals surface area contributed by atoms with Crippen LogP contribution < -0.4 is 4.74 Å². The molecule has 0 amide bonds. The molecular formula is C13H13FO5. The lowest BCUT2D eigenvalue weighted by molar-refractivity contribution is -0.149. The lowest BCUT2D eigenvalue weighted by Gasteiger charge is -2.13. The van der Waals surface area contributed by atoms with Gasteiger partial charge in [0.25, 0.3) is 0 Å². The van der Waals surface area contributed by atoms with E-state index in [4.69, 9.17) is 14.6 Å². The second-order valence-corrected chi connectivity index (χ2v) is 4.31. The maximum Gasteiger partial charge on any atom is 0.332 e. The van der Waals surface area contributed by atoms with Crippen LogP contribution in [0.4, 0.5) is 4.39 Å². The normalized spacial score (nSPS) is 22.2. The van der Waals surface area contributed by atoms with Gasteiger partial charge in [-0.05, 0) is 25.0 Å². The third kappa shape index (κ3) is 3.51. The van der Waals surface area contributed by atoms with E-state index in [1.165, 1.54) is 6.07 Å². The average molecular weight is 268 g/mol. The lowest BCUT2D eigenvalue weighted by atomic mass is 10.2. The first-order valence-corrected chi connectivity index (χ1v) is 5.85. The zero-order valence-corrected chi connectivity index (χ0v) is 10.0. The first-order chi connectivity index (χ1) is 9.08. The van der Waals surface area contributed by atoms with Gasteiger partial charge in [-0.25, -0.2) is 9.18 Å². The van der Waals surface area contributed by atoms with Crippen LogP contribution >= 0.6 is 0 Å². The molecule has 1 fully saturated rings. The average Bonchev–Trinajstić information content (AvgIpc) is 2.84. The van der Waals surface area contributed by atoms with E-state index < -0.39 is 17.9 Å². The van der Waals surface area contributed by atoms with Gasteiger partial charge in [0.2, 0.25) is 0 Å². The Morgan fingerprint density at radius 3 is 2.89 bits per heavy atom. The van der Waals surface area contributed by atoms with Crippen molar-refractivity contribution < 1.29 is 28.6 Å². The molecule has 5 nitrogen and oxygen atoms in total. The second-order valence-electron chi connectivity index (χ2n) is 4.31. The predicted octanol–water partition coefficient (Wildman–Crippen LogP) is 1.65. The maximum absolute atomic E-state index is 13.1. The zero-order valence-electron chi connectivity index (χ0n) is 10.0. The Morgan fingerprint density at radius 2 is 2.26 bits per heavy atom. The first kappa shape index (κ1) is 13.5. The second kappa shape index (κ2) is 5.79. The summed E-state index contributed by atoms with van der Waals surface area (Å²) >= 11 is 0. The summed E-state index contributed by atoms with van der Waals surface area (Å²) in [6.07, 6.45) is 0.414. The Hall–Kier alpha value is -1.95. The molecule has 0 saturated carbocycles. The van der Waals surface area contributed by atoms with Gasteiger partial charge in [-0.1, -0.05) is 0 Å². The van der Waals surface area contributed by atoms with E-state index >= 15 is 0 Å². The number of benzene rings is 1. The van der Waals surface area contributed by atoms with Crippen molar-refractivity contribution in [3.63, 3.8) is 0 Å². The molecular weight excluding hydrogens is 255 g/mol. The van der Waals surface area contributed by atoms with E-state index in [0.717, 1.165) is 12.1 Å². The number of carbonyl (C=O) groups is 2. The molecule has 0 radical (unpaired) electrons. The maximum atomic E-state index is 13.1. The number of hydrogen-bond donors (Lipinski definition) is 1. The monoisotopic (exact) mass is 268 g/mol. The fourth-order valence-corrected chi connectivity index (χ4v) is 1.93. The number of rotatable bonds is 5. The summed E-state index contributed by atoms with van der Waals surface area (Å²) in [4.78, 5) is 21.3. The largest absolute Gasteiger partial charge is 0.491 e. The number of aliphatic carboxylic acids is 1. The molecule has 1 aliphatic heterocycles. The van der Waals surface area contributed by atoms with Crippen LogP contribution in [0.2, 0.25) is 0 Å². The standard InChI is InChI=1S/C13H13FO5/c14-9-3-8(6-15)4-11(5-9)18-7-10-1-2-12(19-10)13(16)17/h3-6,10,12H,1-2,7H2,(H,16,17). The number of aldehydes is 1. The van der Waals surface area contributed by atoms with Crippen molar-refractivity contribution in [2.24, 2.45) is 0 Å². The van der Waals surface area contributed by atoms with Crippen LogP contribution in [-0.2, 0) is 9.53 Å². The van der Waals surface area contributed by atoms with Crippen molar-refractivity contribution >= 4 is 12.3 Å². The Morgan fingerprint density at radius 1 is 1.47 bits per heavy atom. The molecule has 0 bridgehead atoms. The van der Waals surface area contributed by atoms with Crippen LogP contribution in [0, 0.1) is 5.82 Å². The third-order valence-corrected chi connectivity index (χ3v) is 2.85. The van der Waals surface area contributed by atoms with E-state index in [1.807, 2.05) is 0 Å². The van der Waals surface area contributed by atoms with Gasteiger partial charge >= 0.3 is 5.97 Å². The molecule has 1 saturated heterocycles. The molecule has 1 N–H and O–H groups in total. The first-order valence-electron chi connectivity index (χ1n) is 5.85. The number of carboxylic acid groups (broad SMARTS) is 1. The van der Waals surface area contributed by atoms with Gasteiger partial charge in [-0.3, -0.25) is 4.79 Å². The Bertz CT molecular complexity index is 488. The minimum atomic E-state index is -0.989. The van der Waals surface area contributed by atoms with Gasteiger partial charge in [-0.15, -0.1) is 0 Å². The lowest BCUT2D eigenvalue weighted by Crippen LogP contribution is -2.23. The molecule has 2 atom stereocenters. The van der Waals surface area contributed by atoms with Crippen LogP contribution in [-0.4, -0.2) is 36.2 Å². The van der Waals surface area contributed by atoms with Crippen LogP contribution in [0.3, 0.4) is 0 Å². The van der Waals surface area contributed by atoms with E-state index in [1.54, 1.807) is 0 Å². The summed E-state index contributed by atoms with van der Waals surface area (Å²) in [6.45, 7) is 0.130. The smallest absolute Gasteiger partial charge is 0.332 e.